The average Bonchev–Trinajstić information content (AvgIpc) is 3.07. The fourth-order valence-electron chi connectivity index (χ4n) is 2.85. The van der Waals surface area contributed by atoms with E-state index in [1.807, 2.05) is 30.3 Å². The van der Waals surface area contributed by atoms with Crippen LogP contribution in [-0.4, -0.2) is 39.8 Å². The lowest BCUT2D eigenvalue weighted by molar-refractivity contribution is 0.0638. The number of aryl methyl sites for hydroxylation is 1. The van der Waals surface area contributed by atoms with Crippen molar-refractivity contribution in [1.82, 2.24) is 10.1 Å². The highest BCUT2D eigenvalue weighted by atomic mass is 16.5. The lowest BCUT2D eigenvalue weighted by atomic mass is 10.0. The van der Waals surface area contributed by atoms with E-state index in [2.05, 4.69) is 5.16 Å². The number of hydrogen-bond donors (Lipinski definition) is 1. The van der Waals surface area contributed by atoms with Gasteiger partial charge in [-0.2, -0.15) is 0 Å². The summed E-state index contributed by atoms with van der Waals surface area (Å²) in [6.45, 7) is 2.28. The van der Waals surface area contributed by atoms with E-state index >= 15 is 0 Å². The van der Waals surface area contributed by atoms with Gasteiger partial charge in [-0.15, -0.1) is 0 Å². The molecule has 0 aliphatic carbocycles. The van der Waals surface area contributed by atoms with Crippen molar-refractivity contribution in [2.24, 2.45) is 0 Å². The molecule has 1 saturated heterocycles. The van der Waals surface area contributed by atoms with Gasteiger partial charge in [-0.3, -0.25) is 4.79 Å². The van der Waals surface area contributed by atoms with E-state index in [4.69, 9.17) is 4.52 Å². The number of carbonyl (C=O) groups excluding carboxylic acids is 1. The Morgan fingerprint density at radius 2 is 2.19 bits per heavy atom. The van der Waals surface area contributed by atoms with Gasteiger partial charge in [-0.25, -0.2) is 0 Å². The van der Waals surface area contributed by atoms with E-state index in [1.54, 1.807) is 11.8 Å². The van der Waals surface area contributed by atoms with E-state index in [1.165, 1.54) is 6.20 Å². The first-order valence-corrected chi connectivity index (χ1v) is 7.11. The van der Waals surface area contributed by atoms with E-state index in [-0.39, 0.29) is 11.9 Å². The molecule has 2 aromatic rings. The van der Waals surface area contributed by atoms with Gasteiger partial charge in [0.2, 0.25) is 0 Å². The normalized spacial score (nSPS) is 21.7. The third kappa shape index (κ3) is 2.69. The molecule has 110 valence electrons. The molecule has 1 N–H and O–H groups in total. The van der Waals surface area contributed by atoms with Crippen LogP contribution in [0.25, 0.3) is 0 Å². The minimum absolute atomic E-state index is 0.119. The van der Waals surface area contributed by atoms with E-state index < -0.39 is 6.10 Å². The number of amides is 1. The van der Waals surface area contributed by atoms with Gasteiger partial charge in [0, 0.05) is 6.54 Å². The van der Waals surface area contributed by atoms with Crippen LogP contribution in [0.2, 0.25) is 0 Å². The molecule has 0 bridgehead atoms. The molecule has 1 aliphatic heterocycles. The van der Waals surface area contributed by atoms with Gasteiger partial charge in [-0.1, -0.05) is 35.5 Å². The zero-order chi connectivity index (χ0) is 14.8. The number of rotatable bonds is 3. The van der Waals surface area contributed by atoms with E-state index in [0.717, 1.165) is 5.56 Å². The van der Waals surface area contributed by atoms with Crippen molar-refractivity contribution in [3.05, 3.63) is 53.4 Å². The van der Waals surface area contributed by atoms with Crippen molar-refractivity contribution >= 4 is 5.91 Å². The summed E-state index contributed by atoms with van der Waals surface area (Å²) in [5, 5.41) is 13.9. The van der Waals surface area contributed by atoms with Crippen molar-refractivity contribution in [1.29, 1.82) is 0 Å². The van der Waals surface area contributed by atoms with Crippen LogP contribution in [0.15, 0.2) is 41.1 Å². The maximum Gasteiger partial charge on any atom is 0.259 e. The Bertz CT molecular complexity index is 623. The Balaban J connectivity index is 1.81. The van der Waals surface area contributed by atoms with Crippen LogP contribution in [0.3, 0.4) is 0 Å². The second kappa shape index (κ2) is 5.69. The molecule has 5 nitrogen and oxygen atoms in total. The van der Waals surface area contributed by atoms with E-state index in [0.29, 0.717) is 30.7 Å². The smallest absolute Gasteiger partial charge is 0.259 e. The summed E-state index contributed by atoms with van der Waals surface area (Å²) in [6, 6.07) is 9.71. The molecule has 0 spiro atoms. The molecule has 1 amide bonds. The molecule has 21 heavy (non-hydrogen) atoms. The first-order chi connectivity index (χ1) is 10.2. The summed E-state index contributed by atoms with van der Waals surface area (Å²) in [5.41, 5.74) is 1.59. The lowest BCUT2D eigenvalue weighted by Gasteiger charge is -2.26. The molecule has 1 fully saturated rings. The number of aliphatic hydroxyl groups excluding tert-OH is 1. The van der Waals surface area contributed by atoms with Crippen LogP contribution in [0.4, 0.5) is 0 Å². The van der Waals surface area contributed by atoms with Crippen LogP contribution < -0.4 is 0 Å². The zero-order valence-electron chi connectivity index (χ0n) is 11.9. The summed E-state index contributed by atoms with van der Waals surface area (Å²) in [7, 11) is 0. The summed E-state index contributed by atoms with van der Waals surface area (Å²) >= 11 is 0. The van der Waals surface area contributed by atoms with Crippen LogP contribution in [0.1, 0.15) is 28.1 Å². The largest absolute Gasteiger partial charge is 0.391 e. The highest BCUT2D eigenvalue weighted by Crippen LogP contribution is 2.24. The summed E-state index contributed by atoms with van der Waals surface area (Å²) < 4.78 is 4.97. The molecule has 3 rings (SSSR count). The SMILES string of the molecule is Cc1oncc1C(=O)N1CC[C@@H](O)[C@H]1Cc1ccccc1. The number of benzene rings is 1. The van der Waals surface area contributed by atoms with Crippen LogP contribution in [0, 0.1) is 6.92 Å². The van der Waals surface area contributed by atoms with Gasteiger partial charge in [0.05, 0.1) is 18.3 Å². The molecule has 2 atom stereocenters. The van der Waals surface area contributed by atoms with Gasteiger partial charge in [0.25, 0.3) is 5.91 Å². The van der Waals surface area contributed by atoms with Crippen LogP contribution in [0.5, 0.6) is 0 Å². The third-order valence-corrected chi connectivity index (χ3v) is 4.04. The van der Waals surface area contributed by atoms with Crippen molar-refractivity contribution < 1.29 is 14.4 Å². The number of likely N-dealkylation sites (tertiary alicyclic amines) is 1. The van der Waals surface area contributed by atoms with Gasteiger partial charge in [0.15, 0.2) is 0 Å². The lowest BCUT2D eigenvalue weighted by Crippen LogP contribution is -2.41. The predicted molar refractivity (Wildman–Crippen MR) is 76.8 cm³/mol. The topological polar surface area (TPSA) is 66.6 Å². The van der Waals surface area contributed by atoms with Crippen LogP contribution >= 0.6 is 0 Å². The molecule has 1 aromatic heterocycles. The molecule has 2 heterocycles. The predicted octanol–water partition coefficient (Wildman–Crippen LogP) is 1.80. The average molecular weight is 286 g/mol. The number of hydrogen-bond acceptors (Lipinski definition) is 4. The van der Waals surface area contributed by atoms with Crippen LogP contribution in [-0.2, 0) is 6.42 Å². The highest BCUT2D eigenvalue weighted by molar-refractivity contribution is 5.95. The Labute approximate surface area is 123 Å². The Hall–Kier alpha value is -2.14. The number of aliphatic hydroxyl groups is 1. The molecular weight excluding hydrogens is 268 g/mol. The monoisotopic (exact) mass is 286 g/mol. The van der Waals surface area contributed by atoms with Gasteiger partial charge in [0.1, 0.15) is 11.3 Å². The minimum Gasteiger partial charge on any atom is -0.391 e. The molecule has 1 aromatic carbocycles. The van der Waals surface area contributed by atoms with Crippen molar-refractivity contribution in [3.8, 4) is 0 Å². The Morgan fingerprint density at radius 1 is 1.43 bits per heavy atom. The summed E-state index contributed by atoms with van der Waals surface area (Å²) in [6.07, 6.45) is 2.21. The van der Waals surface area contributed by atoms with E-state index in [9.17, 15) is 9.90 Å². The summed E-state index contributed by atoms with van der Waals surface area (Å²) in [4.78, 5) is 14.3. The molecule has 0 saturated carbocycles. The van der Waals surface area contributed by atoms with Gasteiger partial charge >= 0.3 is 0 Å². The van der Waals surface area contributed by atoms with Crippen molar-refractivity contribution in [3.63, 3.8) is 0 Å². The summed E-state index contributed by atoms with van der Waals surface area (Å²) in [5.74, 6) is 0.395. The first kappa shape index (κ1) is 13.8. The zero-order valence-corrected chi connectivity index (χ0v) is 11.9. The molecular formula is C16H18N2O3. The Morgan fingerprint density at radius 3 is 2.86 bits per heavy atom. The second-order valence-electron chi connectivity index (χ2n) is 5.41. The van der Waals surface area contributed by atoms with Crippen molar-refractivity contribution in [2.45, 2.75) is 31.9 Å². The third-order valence-electron chi connectivity index (χ3n) is 4.04. The maximum absolute atomic E-state index is 12.6. The molecule has 5 heteroatoms. The fourth-order valence-corrected chi connectivity index (χ4v) is 2.85. The number of carbonyl (C=O) groups is 1. The fraction of sp³-hybridized carbons (Fsp3) is 0.375. The standard InChI is InChI=1S/C16H18N2O3/c1-11-13(10-17-21-11)16(20)18-8-7-15(19)14(18)9-12-5-3-2-4-6-12/h2-6,10,14-15,19H,7-9H2,1H3/t14-,15-/m1/s1. The number of aromatic nitrogens is 1. The minimum atomic E-state index is -0.491. The molecule has 1 aliphatic rings. The van der Waals surface area contributed by atoms with Gasteiger partial charge < -0.3 is 14.5 Å². The Kier molecular flexibility index (Phi) is 3.75. The second-order valence-corrected chi connectivity index (χ2v) is 5.41. The number of nitrogens with zero attached hydrogens (tertiary/aromatic N) is 2. The van der Waals surface area contributed by atoms with Gasteiger partial charge in [-0.05, 0) is 25.3 Å². The van der Waals surface area contributed by atoms with Crippen molar-refractivity contribution in [2.75, 3.05) is 6.54 Å². The molecule has 0 radical (unpaired) electrons. The quantitative estimate of drug-likeness (QED) is 0.934. The maximum atomic E-state index is 12.6. The highest BCUT2D eigenvalue weighted by Gasteiger charge is 2.37. The first-order valence-electron chi connectivity index (χ1n) is 7.11. The molecule has 0 unspecified atom stereocenters.